The van der Waals surface area contributed by atoms with Crippen molar-refractivity contribution in [2.24, 2.45) is 10.9 Å². The highest BCUT2D eigenvalue weighted by molar-refractivity contribution is 6.10. The molecule has 0 atom stereocenters. The molecular formula is C11H7F6N3O. The van der Waals surface area contributed by atoms with Crippen molar-refractivity contribution in [1.29, 1.82) is 0 Å². The van der Waals surface area contributed by atoms with Crippen molar-refractivity contribution in [3.05, 3.63) is 41.4 Å². The zero-order chi connectivity index (χ0) is 16.2. The number of Topliss-reactive ketones (excluding diaryl/α,β-unsaturated/α-hetero) is 1. The lowest BCUT2D eigenvalue weighted by Crippen LogP contribution is -2.26. The highest BCUT2D eigenvalue weighted by Crippen LogP contribution is 2.25. The number of alkyl halides is 3. The van der Waals surface area contributed by atoms with Crippen molar-refractivity contribution < 1.29 is 31.2 Å². The maximum Gasteiger partial charge on any atom is 0.436 e. The fraction of sp³-hybridized carbons (Fsp3) is 0.182. The molecule has 4 nitrogen and oxygen atoms in total. The summed E-state index contributed by atoms with van der Waals surface area (Å²) in [6.07, 6.45) is -5.08. The first-order valence-corrected chi connectivity index (χ1v) is 5.21. The molecule has 0 radical (unpaired) electrons. The van der Waals surface area contributed by atoms with Gasteiger partial charge >= 0.3 is 6.18 Å². The maximum absolute atomic E-state index is 13.3. The van der Waals surface area contributed by atoms with Gasteiger partial charge in [-0.05, 0) is 6.20 Å². The summed E-state index contributed by atoms with van der Waals surface area (Å²) in [6.45, 7) is 0. The molecule has 0 spiro atoms. The molecule has 0 aliphatic heterocycles. The van der Waals surface area contributed by atoms with E-state index in [9.17, 15) is 31.2 Å². The molecule has 0 aliphatic rings. The van der Waals surface area contributed by atoms with Gasteiger partial charge in [0.15, 0.2) is 23.1 Å². The first kappa shape index (κ1) is 16.7. The lowest BCUT2D eigenvalue weighted by atomic mass is 10.0. The van der Waals surface area contributed by atoms with Gasteiger partial charge in [-0.1, -0.05) is 9.70 Å². The second kappa shape index (κ2) is 6.37. The molecule has 0 saturated carbocycles. The molecule has 1 rings (SSSR count). The first-order chi connectivity index (χ1) is 9.72. The molecule has 0 aliphatic carbocycles. The summed E-state index contributed by atoms with van der Waals surface area (Å²) in [4.78, 5) is 14.8. The van der Waals surface area contributed by atoms with Crippen LogP contribution >= 0.6 is 0 Å². The van der Waals surface area contributed by atoms with Gasteiger partial charge in [-0.25, -0.2) is 8.78 Å². The average molecular weight is 311 g/mol. The Labute approximate surface area is 113 Å². The number of ketones is 1. The Balaban J connectivity index is 3.12. The molecule has 2 N–H and O–H groups in total. The molecule has 1 aromatic rings. The van der Waals surface area contributed by atoms with E-state index >= 15 is 0 Å². The second-order valence-electron chi connectivity index (χ2n) is 3.70. The Bertz CT molecular complexity index is 588. The molecule has 10 heteroatoms. The van der Waals surface area contributed by atoms with Gasteiger partial charge in [-0.15, -0.1) is 0 Å². The molecule has 0 unspecified atom stereocenters. The number of allylic oxidation sites excluding steroid dienone is 1. The van der Waals surface area contributed by atoms with Crippen molar-refractivity contribution in [3.63, 3.8) is 0 Å². The molecule has 1 aromatic heterocycles. The third-order valence-electron chi connectivity index (χ3n) is 2.34. The van der Waals surface area contributed by atoms with Gasteiger partial charge in [0.25, 0.3) is 0 Å². The van der Waals surface area contributed by atoms with Crippen LogP contribution in [0.1, 0.15) is 16.8 Å². The Morgan fingerprint density at radius 1 is 1.29 bits per heavy atom. The Morgan fingerprint density at radius 3 is 2.19 bits per heavy atom. The number of nitrogens with zero attached hydrogens (tertiary/aromatic N) is 2. The predicted octanol–water partition coefficient (Wildman–Crippen LogP) is 2.66. The quantitative estimate of drug-likeness (QED) is 0.528. The number of hydrogen-bond donors (Lipinski definition) is 1. The molecule has 21 heavy (non-hydrogen) atoms. The number of pyridine rings is 1. The van der Waals surface area contributed by atoms with Gasteiger partial charge in [0.2, 0.25) is 0 Å². The van der Waals surface area contributed by atoms with E-state index in [4.69, 9.17) is 5.73 Å². The summed E-state index contributed by atoms with van der Waals surface area (Å²) in [5, 5.41) is 1.51. The van der Waals surface area contributed by atoms with Crippen LogP contribution in [0.15, 0.2) is 29.4 Å². The van der Waals surface area contributed by atoms with Crippen molar-refractivity contribution in [2.45, 2.75) is 12.6 Å². The van der Waals surface area contributed by atoms with E-state index in [0.717, 1.165) is 0 Å². The van der Waals surface area contributed by atoms with Gasteiger partial charge in [0.05, 0.1) is 18.0 Å². The highest BCUT2D eigenvalue weighted by atomic mass is 19.4. The van der Waals surface area contributed by atoms with Gasteiger partial charge in [-0.2, -0.15) is 13.2 Å². The molecule has 0 fully saturated rings. The third kappa shape index (κ3) is 3.80. The van der Waals surface area contributed by atoms with Gasteiger partial charge in [-0.3, -0.25) is 9.78 Å². The van der Waals surface area contributed by atoms with Crippen molar-refractivity contribution >= 4 is 11.5 Å². The summed E-state index contributed by atoms with van der Waals surface area (Å²) in [5.41, 5.74) is 0.696. The topological polar surface area (TPSA) is 68.3 Å². The minimum absolute atomic E-state index is 0.292. The maximum atomic E-state index is 13.3. The van der Waals surface area contributed by atoms with E-state index in [0.29, 0.717) is 18.6 Å². The molecule has 0 aromatic carbocycles. The standard InChI is InChI=1S/C11H7F6N3O/c12-6-3-19-4-7(13)9(6)8(21)1-5(2-18)10(20-17)11(14,15)16/h2-4H,1,18H2. The molecule has 114 valence electrons. The second-order valence-corrected chi connectivity index (χ2v) is 3.70. The van der Waals surface area contributed by atoms with Gasteiger partial charge in [0, 0.05) is 12.0 Å². The zero-order valence-corrected chi connectivity index (χ0v) is 10.1. The van der Waals surface area contributed by atoms with Crippen molar-refractivity contribution in [2.75, 3.05) is 0 Å². The van der Waals surface area contributed by atoms with Crippen molar-refractivity contribution in [1.82, 2.24) is 4.98 Å². The molecular weight excluding hydrogens is 304 g/mol. The van der Waals surface area contributed by atoms with Crippen LogP contribution in [0.2, 0.25) is 0 Å². The highest BCUT2D eigenvalue weighted by Gasteiger charge is 2.39. The number of rotatable bonds is 4. The van der Waals surface area contributed by atoms with Crippen LogP contribution < -0.4 is 5.73 Å². The summed E-state index contributed by atoms with van der Waals surface area (Å²) < 4.78 is 75.9. The number of hydrogen-bond acceptors (Lipinski definition) is 4. The molecule has 0 amide bonds. The van der Waals surface area contributed by atoms with E-state index in [-0.39, 0.29) is 0 Å². The SMILES string of the molecule is NC=C(CC(=O)c1c(F)cncc1F)C(=NF)C(F)(F)F. The van der Waals surface area contributed by atoms with E-state index in [1.807, 2.05) is 0 Å². The number of carbonyl (C=O) groups excluding carboxylic acids is 1. The fourth-order valence-corrected chi connectivity index (χ4v) is 1.44. The number of halogens is 6. The zero-order valence-electron chi connectivity index (χ0n) is 10.1. The summed E-state index contributed by atoms with van der Waals surface area (Å²) in [5.74, 6) is -4.08. The van der Waals surface area contributed by atoms with Gasteiger partial charge < -0.3 is 5.73 Å². The Morgan fingerprint density at radius 2 is 1.81 bits per heavy atom. The molecule has 0 saturated heterocycles. The Hall–Kier alpha value is -2.39. The third-order valence-corrected chi connectivity index (χ3v) is 2.34. The smallest absolute Gasteiger partial charge is 0.404 e. The van der Waals surface area contributed by atoms with Crippen LogP contribution in [0.5, 0.6) is 0 Å². The molecule has 1 heterocycles. The largest absolute Gasteiger partial charge is 0.436 e. The molecule has 0 bridgehead atoms. The lowest BCUT2D eigenvalue weighted by molar-refractivity contribution is -0.0594. The predicted molar refractivity (Wildman–Crippen MR) is 60.0 cm³/mol. The van der Waals surface area contributed by atoms with Crippen LogP contribution in [-0.2, 0) is 0 Å². The normalized spacial score (nSPS) is 13.4. The average Bonchev–Trinajstić information content (AvgIpc) is 2.36. The number of nitrogens with two attached hydrogens (primary N) is 1. The van der Waals surface area contributed by atoms with Crippen molar-refractivity contribution in [3.8, 4) is 0 Å². The van der Waals surface area contributed by atoms with E-state index in [1.54, 1.807) is 0 Å². The van der Waals surface area contributed by atoms with Crippen LogP contribution in [0, 0.1) is 11.6 Å². The minimum atomic E-state index is -5.21. The lowest BCUT2D eigenvalue weighted by Gasteiger charge is -2.11. The van der Waals surface area contributed by atoms with Crippen LogP contribution in [0.4, 0.5) is 26.4 Å². The monoisotopic (exact) mass is 311 g/mol. The summed E-state index contributed by atoms with van der Waals surface area (Å²) in [7, 11) is 0. The minimum Gasteiger partial charge on any atom is -0.404 e. The van der Waals surface area contributed by atoms with Crippen LogP contribution in [0.25, 0.3) is 0 Å². The number of aromatic nitrogens is 1. The summed E-state index contributed by atoms with van der Waals surface area (Å²) in [6, 6.07) is 0. The van der Waals surface area contributed by atoms with E-state index in [1.165, 1.54) is 5.21 Å². The summed E-state index contributed by atoms with van der Waals surface area (Å²) >= 11 is 0. The van der Waals surface area contributed by atoms with Crippen LogP contribution in [0.3, 0.4) is 0 Å². The van der Waals surface area contributed by atoms with Gasteiger partial charge in [0.1, 0.15) is 0 Å². The van der Waals surface area contributed by atoms with Crippen LogP contribution in [-0.4, -0.2) is 22.7 Å². The first-order valence-electron chi connectivity index (χ1n) is 5.21. The van der Waals surface area contributed by atoms with E-state index < -0.39 is 46.9 Å². The Kier molecular flexibility index (Phi) is 5.06. The van der Waals surface area contributed by atoms with E-state index in [2.05, 4.69) is 4.98 Å². The fourth-order valence-electron chi connectivity index (χ4n) is 1.44. The number of carbonyl (C=O) groups is 1.